The standard InChI is InChI=1S/C15H17N3O3/c1-16-14(19)12-8-9-7-10(4-5-11(9)18-12)17-15(20)13-3-2-6-21-13/h4-5,7-8,13,18H,2-3,6H2,1H3,(H,16,19)(H,17,20)/t13-/m0/s1. The van der Waals surface area contributed by atoms with Crippen molar-refractivity contribution in [1.29, 1.82) is 0 Å². The molecule has 2 amide bonds. The summed E-state index contributed by atoms with van der Waals surface area (Å²) in [6.45, 7) is 0.643. The van der Waals surface area contributed by atoms with Crippen molar-refractivity contribution in [2.24, 2.45) is 0 Å². The lowest BCUT2D eigenvalue weighted by Gasteiger charge is -2.10. The summed E-state index contributed by atoms with van der Waals surface area (Å²) in [4.78, 5) is 26.6. The van der Waals surface area contributed by atoms with E-state index in [9.17, 15) is 9.59 Å². The van der Waals surface area contributed by atoms with Gasteiger partial charge < -0.3 is 20.4 Å². The Bertz CT molecular complexity index is 687. The fourth-order valence-electron chi connectivity index (χ4n) is 2.47. The second-order valence-corrected chi connectivity index (χ2v) is 5.06. The van der Waals surface area contributed by atoms with Crippen LogP contribution in [0.4, 0.5) is 5.69 Å². The Balaban J connectivity index is 1.80. The maximum atomic E-state index is 12.0. The van der Waals surface area contributed by atoms with Crippen LogP contribution in [0, 0.1) is 0 Å². The average Bonchev–Trinajstić information content (AvgIpc) is 3.15. The zero-order chi connectivity index (χ0) is 14.8. The SMILES string of the molecule is CNC(=O)c1cc2cc(NC(=O)[C@@H]3CCCO3)ccc2[nH]1. The zero-order valence-corrected chi connectivity index (χ0v) is 11.7. The number of amides is 2. The van der Waals surface area contributed by atoms with Crippen LogP contribution >= 0.6 is 0 Å². The second kappa shape index (κ2) is 5.57. The number of nitrogens with one attached hydrogen (secondary N) is 3. The molecule has 1 fully saturated rings. The first-order valence-corrected chi connectivity index (χ1v) is 6.94. The van der Waals surface area contributed by atoms with E-state index in [1.807, 2.05) is 12.1 Å². The van der Waals surface area contributed by atoms with E-state index >= 15 is 0 Å². The molecule has 6 heteroatoms. The summed E-state index contributed by atoms with van der Waals surface area (Å²) in [5.41, 5.74) is 2.05. The summed E-state index contributed by atoms with van der Waals surface area (Å²) in [5.74, 6) is -0.287. The van der Waals surface area contributed by atoms with Crippen molar-refractivity contribution >= 4 is 28.4 Å². The van der Waals surface area contributed by atoms with Gasteiger partial charge in [0.2, 0.25) is 0 Å². The van der Waals surface area contributed by atoms with E-state index in [2.05, 4.69) is 15.6 Å². The maximum absolute atomic E-state index is 12.0. The van der Waals surface area contributed by atoms with E-state index in [0.717, 1.165) is 23.7 Å². The highest BCUT2D eigenvalue weighted by Crippen LogP contribution is 2.21. The Morgan fingerprint density at radius 1 is 1.33 bits per heavy atom. The third-order valence-corrected chi connectivity index (χ3v) is 3.58. The number of carbonyl (C=O) groups excluding carboxylic acids is 2. The fraction of sp³-hybridized carbons (Fsp3) is 0.333. The third-order valence-electron chi connectivity index (χ3n) is 3.58. The van der Waals surface area contributed by atoms with Crippen molar-refractivity contribution < 1.29 is 14.3 Å². The lowest BCUT2D eigenvalue weighted by atomic mass is 10.2. The molecule has 3 rings (SSSR count). The van der Waals surface area contributed by atoms with Crippen molar-refractivity contribution in [2.75, 3.05) is 19.0 Å². The van der Waals surface area contributed by atoms with E-state index in [4.69, 9.17) is 4.74 Å². The number of ether oxygens (including phenoxy) is 1. The van der Waals surface area contributed by atoms with Crippen LogP contribution in [0.25, 0.3) is 10.9 Å². The molecule has 0 unspecified atom stereocenters. The maximum Gasteiger partial charge on any atom is 0.267 e. The first-order chi connectivity index (χ1) is 10.2. The van der Waals surface area contributed by atoms with E-state index in [-0.39, 0.29) is 17.9 Å². The molecule has 110 valence electrons. The number of H-pyrrole nitrogens is 1. The summed E-state index contributed by atoms with van der Waals surface area (Å²) in [5, 5.41) is 6.29. The Hall–Kier alpha value is -2.34. The van der Waals surface area contributed by atoms with Gasteiger partial charge in [0, 0.05) is 30.2 Å². The van der Waals surface area contributed by atoms with Crippen molar-refractivity contribution in [3.63, 3.8) is 0 Å². The summed E-state index contributed by atoms with van der Waals surface area (Å²) in [6, 6.07) is 7.24. The molecule has 1 aliphatic heterocycles. The highest BCUT2D eigenvalue weighted by molar-refractivity contribution is 6.00. The van der Waals surface area contributed by atoms with Crippen LogP contribution < -0.4 is 10.6 Å². The van der Waals surface area contributed by atoms with Gasteiger partial charge in [-0.1, -0.05) is 0 Å². The zero-order valence-electron chi connectivity index (χ0n) is 11.7. The number of anilines is 1. The summed E-state index contributed by atoms with van der Waals surface area (Å²) in [6.07, 6.45) is 1.33. The Labute approximate surface area is 121 Å². The Morgan fingerprint density at radius 3 is 2.90 bits per heavy atom. The molecular weight excluding hydrogens is 270 g/mol. The van der Waals surface area contributed by atoms with Crippen LogP contribution in [-0.2, 0) is 9.53 Å². The van der Waals surface area contributed by atoms with Crippen LogP contribution in [0.5, 0.6) is 0 Å². The normalized spacial score (nSPS) is 17.9. The molecule has 6 nitrogen and oxygen atoms in total. The third kappa shape index (κ3) is 2.75. The number of fused-ring (bicyclic) bond motifs is 1. The highest BCUT2D eigenvalue weighted by Gasteiger charge is 2.23. The Morgan fingerprint density at radius 2 is 2.19 bits per heavy atom. The molecule has 3 N–H and O–H groups in total. The van der Waals surface area contributed by atoms with Gasteiger partial charge in [0.05, 0.1) is 0 Å². The van der Waals surface area contributed by atoms with E-state index < -0.39 is 0 Å². The number of carbonyl (C=O) groups is 2. The minimum Gasteiger partial charge on any atom is -0.368 e. The molecule has 0 bridgehead atoms. The fourth-order valence-corrected chi connectivity index (χ4v) is 2.47. The molecule has 0 aliphatic carbocycles. The van der Waals surface area contributed by atoms with Gasteiger partial charge in [0.25, 0.3) is 11.8 Å². The highest BCUT2D eigenvalue weighted by atomic mass is 16.5. The molecule has 2 heterocycles. The summed E-state index contributed by atoms with van der Waals surface area (Å²) >= 11 is 0. The first kappa shape index (κ1) is 13.6. The number of hydrogen-bond donors (Lipinski definition) is 3. The molecule has 1 aliphatic rings. The van der Waals surface area contributed by atoms with Gasteiger partial charge in [-0.2, -0.15) is 0 Å². The van der Waals surface area contributed by atoms with E-state index in [1.165, 1.54) is 0 Å². The molecule has 1 aromatic carbocycles. The molecule has 0 spiro atoms. The van der Waals surface area contributed by atoms with E-state index in [1.54, 1.807) is 19.2 Å². The van der Waals surface area contributed by atoms with Gasteiger partial charge in [-0.05, 0) is 37.1 Å². The molecule has 21 heavy (non-hydrogen) atoms. The van der Waals surface area contributed by atoms with Crippen LogP contribution in [0.2, 0.25) is 0 Å². The minimum absolute atomic E-state index is 0.117. The Kier molecular flexibility index (Phi) is 3.62. The van der Waals surface area contributed by atoms with E-state index in [0.29, 0.717) is 18.0 Å². The smallest absolute Gasteiger partial charge is 0.267 e. The van der Waals surface area contributed by atoms with Gasteiger partial charge in [-0.15, -0.1) is 0 Å². The predicted octanol–water partition coefficient (Wildman–Crippen LogP) is 1.64. The lowest BCUT2D eigenvalue weighted by Crippen LogP contribution is -2.26. The van der Waals surface area contributed by atoms with Crippen LogP contribution in [0.15, 0.2) is 24.3 Å². The number of aromatic nitrogens is 1. The monoisotopic (exact) mass is 287 g/mol. The molecule has 1 aromatic heterocycles. The molecule has 0 radical (unpaired) electrons. The molecule has 2 aromatic rings. The molecule has 0 saturated carbocycles. The topological polar surface area (TPSA) is 83.2 Å². The average molecular weight is 287 g/mol. The lowest BCUT2D eigenvalue weighted by molar-refractivity contribution is -0.124. The number of hydrogen-bond acceptors (Lipinski definition) is 3. The molecule has 1 atom stereocenters. The van der Waals surface area contributed by atoms with Crippen LogP contribution in [0.1, 0.15) is 23.3 Å². The van der Waals surface area contributed by atoms with Gasteiger partial charge in [-0.3, -0.25) is 9.59 Å². The predicted molar refractivity (Wildman–Crippen MR) is 79.3 cm³/mol. The van der Waals surface area contributed by atoms with Gasteiger partial charge in [0.1, 0.15) is 11.8 Å². The number of rotatable bonds is 3. The van der Waals surface area contributed by atoms with Crippen molar-refractivity contribution in [2.45, 2.75) is 18.9 Å². The molecule has 1 saturated heterocycles. The summed E-state index contributed by atoms with van der Waals surface area (Å²) < 4.78 is 5.35. The largest absolute Gasteiger partial charge is 0.368 e. The second-order valence-electron chi connectivity index (χ2n) is 5.06. The van der Waals surface area contributed by atoms with Gasteiger partial charge in [0.15, 0.2) is 0 Å². The van der Waals surface area contributed by atoms with Crippen LogP contribution in [-0.4, -0.2) is 36.6 Å². The minimum atomic E-state index is -0.353. The first-order valence-electron chi connectivity index (χ1n) is 6.94. The quantitative estimate of drug-likeness (QED) is 0.802. The number of aromatic amines is 1. The van der Waals surface area contributed by atoms with Gasteiger partial charge in [-0.25, -0.2) is 0 Å². The molecular formula is C15H17N3O3. The van der Waals surface area contributed by atoms with Crippen molar-refractivity contribution in [1.82, 2.24) is 10.3 Å². The summed E-state index contributed by atoms with van der Waals surface area (Å²) in [7, 11) is 1.58. The van der Waals surface area contributed by atoms with Crippen molar-refractivity contribution in [3.8, 4) is 0 Å². The number of benzene rings is 1. The van der Waals surface area contributed by atoms with Crippen LogP contribution in [0.3, 0.4) is 0 Å². The van der Waals surface area contributed by atoms with Gasteiger partial charge >= 0.3 is 0 Å². The van der Waals surface area contributed by atoms with Crippen molar-refractivity contribution in [3.05, 3.63) is 30.0 Å².